The van der Waals surface area contributed by atoms with Crippen LogP contribution in [0.4, 0.5) is 4.39 Å². The van der Waals surface area contributed by atoms with Crippen molar-refractivity contribution in [2.24, 2.45) is 0 Å². The first kappa shape index (κ1) is 12.1. The van der Waals surface area contributed by atoms with E-state index >= 15 is 0 Å². The molecule has 1 aromatic carbocycles. The molecule has 1 unspecified atom stereocenters. The lowest BCUT2D eigenvalue weighted by Crippen LogP contribution is -2.03. The van der Waals surface area contributed by atoms with Gasteiger partial charge in [-0.1, -0.05) is 11.6 Å². The Balaban J connectivity index is 2.21. The molecule has 0 fully saturated rings. The first-order valence-electron chi connectivity index (χ1n) is 5.24. The maximum absolute atomic E-state index is 13.5. The maximum Gasteiger partial charge on any atom is 0.135 e. The van der Waals surface area contributed by atoms with Gasteiger partial charge in [-0.25, -0.2) is 4.39 Å². The molecule has 0 saturated carbocycles. The first-order valence-corrected chi connectivity index (χ1v) is 5.61. The Hall–Kier alpha value is -1.32. The van der Waals surface area contributed by atoms with Crippen molar-refractivity contribution < 1.29 is 13.9 Å². The quantitative estimate of drug-likeness (QED) is 0.907. The molecule has 2 nitrogen and oxygen atoms in total. The van der Waals surface area contributed by atoms with Crippen LogP contribution < -0.4 is 0 Å². The van der Waals surface area contributed by atoms with Gasteiger partial charge in [0.05, 0.1) is 6.26 Å². The average molecular weight is 255 g/mol. The number of aliphatic hydroxyl groups excluding tert-OH is 1. The van der Waals surface area contributed by atoms with Crippen LogP contribution in [0, 0.1) is 12.7 Å². The van der Waals surface area contributed by atoms with E-state index in [-0.39, 0.29) is 12.2 Å². The number of benzene rings is 1. The Bertz CT molecular complexity index is 522. The highest BCUT2D eigenvalue weighted by Crippen LogP contribution is 2.25. The third-order valence-electron chi connectivity index (χ3n) is 2.63. The van der Waals surface area contributed by atoms with E-state index in [0.717, 1.165) is 5.56 Å². The summed E-state index contributed by atoms with van der Waals surface area (Å²) in [5.41, 5.74) is 1.22. The molecule has 0 amide bonds. The number of aliphatic hydroxyl groups is 1. The Kier molecular flexibility index (Phi) is 3.50. The normalized spacial score (nSPS) is 12.7. The van der Waals surface area contributed by atoms with Gasteiger partial charge in [0.2, 0.25) is 0 Å². The minimum absolute atomic E-state index is 0.140. The molecule has 1 heterocycles. The molecule has 0 aliphatic carbocycles. The van der Waals surface area contributed by atoms with Gasteiger partial charge in [0, 0.05) is 11.4 Å². The zero-order chi connectivity index (χ0) is 12.4. The van der Waals surface area contributed by atoms with E-state index in [1.165, 1.54) is 24.5 Å². The second kappa shape index (κ2) is 4.90. The van der Waals surface area contributed by atoms with Crippen LogP contribution in [0.25, 0.3) is 0 Å². The van der Waals surface area contributed by atoms with Crippen molar-refractivity contribution >= 4 is 11.6 Å². The third-order valence-corrected chi connectivity index (χ3v) is 2.86. The van der Waals surface area contributed by atoms with E-state index in [0.29, 0.717) is 16.3 Å². The number of aryl methyl sites for hydroxylation is 1. The predicted octanol–water partition coefficient (Wildman–Crippen LogP) is 3.66. The fourth-order valence-corrected chi connectivity index (χ4v) is 1.92. The zero-order valence-electron chi connectivity index (χ0n) is 9.28. The fourth-order valence-electron chi connectivity index (χ4n) is 1.73. The van der Waals surface area contributed by atoms with Crippen LogP contribution in [0.3, 0.4) is 0 Å². The Morgan fingerprint density at radius 2 is 2.18 bits per heavy atom. The summed E-state index contributed by atoms with van der Waals surface area (Å²) in [4.78, 5) is 0. The molecule has 0 aliphatic rings. The van der Waals surface area contributed by atoms with Crippen LogP contribution in [0.1, 0.15) is 23.0 Å². The van der Waals surface area contributed by atoms with E-state index in [1.807, 2.05) is 6.92 Å². The van der Waals surface area contributed by atoms with Gasteiger partial charge >= 0.3 is 0 Å². The number of hydrogen-bond donors (Lipinski definition) is 1. The van der Waals surface area contributed by atoms with E-state index in [2.05, 4.69) is 0 Å². The highest BCUT2D eigenvalue weighted by Gasteiger charge is 2.16. The van der Waals surface area contributed by atoms with Crippen LogP contribution in [0.2, 0.25) is 5.02 Å². The molecule has 4 heteroatoms. The smallest absolute Gasteiger partial charge is 0.135 e. The molecule has 0 radical (unpaired) electrons. The lowest BCUT2D eigenvalue weighted by Gasteiger charge is -2.10. The summed E-state index contributed by atoms with van der Waals surface area (Å²) in [7, 11) is 0. The second-order valence-corrected chi connectivity index (χ2v) is 4.36. The van der Waals surface area contributed by atoms with Crippen molar-refractivity contribution in [2.45, 2.75) is 19.4 Å². The number of furan rings is 1. The lowest BCUT2D eigenvalue weighted by molar-refractivity contribution is 0.148. The van der Waals surface area contributed by atoms with Crippen molar-refractivity contribution in [1.82, 2.24) is 0 Å². The van der Waals surface area contributed by atoms with Crippen molar-refractivity contribution in [1.29, 1.82) is 0 Å². The number of hydrogen-bond acceptors (Lipinski definition) is 2. The highest BCUT2D eigenvalue weighted by molar-refractivity contribution is 6.30. The van der Waals surface area contributed by atoms with Crippen molar-refractivity contribution in [3.8, 4) is 0 Å². The van der Waals surface area contributed by atoms with Gasteiger partial charge in [-0.2, -0.15) is 0 Å². The largest absolute Gasteiger partial charge is 0.466 e. The second-order valence-electron chi connectivity index (χ2n) is 3.92. The first-order chi connectivity index (χ1) is 8.08. The minimum Gasteiger partial charge on any atom is -0.466 e. The number of rotatable bonds is 3. The fraction of sp³-hybridized carbons (Fsp3) is 0.231. The summed E-state index contributed by atoms with van der Waals surface area (Å²) in [6.07, 6.45) is 0.779. The van der Waals surface area contributed by atoms with Gasteiger partial charge in [0.15, 0.2) is 0 Å². The van der Waals surface area contributed by atoms with E-state index in [4.69, 9.17) is 16.0 Å². The van der Waals surface area contributed by atoms with Crippen molar-refractivity contribution in [3.63, 3.8) is 0 Å². The molecular weight excluding hydrogens is 243 g/mol. The van der Waals surface area contributed by atoms with Gasteiger partial charge in [0.25, 0.3) is 0 Å². The molecule has 1 atom stereocenters. The Labute approximate surface area is 104 Å². The van der Waals surface area contributed by atoms with Gasteiger partial charge in [-0.3, -0.25) is 0 Å². The molecule has 0 saturated heterocycles. The molecule has 1 N–H and O–H groups in total. The van der Waals surface area contributed by atoms with Crippen LogP contribution in [0.5, 0.6) is 0 Å². The van der Waals surface area contributed by atoms with E-state index < -0.39 is 6.10 Å². The summed E-state index contributed by atoms with van der Waals surface area (Å²) in [6.45, 7) is 1.83. The molecule has 2 aromatic rings. The molecule has 2 rings (SSSR count). The van der Waals surface area contributed by atoms with Gasteiger partial charge < -0.3 is 9.52 Å². The third kappa shape index (κ3) is 2.68. The lowest BCUT2D eigenvalue weighted by atomic mass is 10.0. The molecule has 1 aromatic heterocycles. The summed E-state index contributed by atoms with van der Waals surface area (Å²) < 4.78 is 18.6. The SMILES string of the molecule is Cc1ccoc1C(O)Cc1cc(Cl)ccc1F. The molecule has 0 aliphatic heterocycles. The Morgan fingerprint density at radius 1 is 1.41 bits per heavy atom. The minimum atomic E-state index is -0.863. The number of halogens is 2. The van der Waals surface area contributed by atoms with Gasteiger partial charge in [0.1, 0.15) is 17.7 Å². The Morgan fingerprint density at radius 3 is 2.82 bits per heavy atom. The molecular formula is C13H12ClFO2. The summed E-state index contributed by atoms with van der Waals surface area (Å²) in [6, 6.07) is 6.04. The van der Waals surface area contributed by atoms with Crippen LogP contribution in [-0.4, -0.2) is 5.11 Å². The summed E-state index contributed by atoms with van der Waals surface area (Å²) in [5.74, 6) is 0.0852. The summed E-state index contributed by atoms with van der Waals surface area (Å²) in [5, 5.41) is 10.4. The molecule has 0 spiro atoms. The molecule has 17 heavy (non-hydrogen) atoms. The topological polar surface area (TPSA) is 33.4 Å². The van der Waals surface area contributed by atoms with Crippen LogP contribution in [-0.2, 0) is 6.42 Å². The van der Waals surface area contributed by atoms with Gasteiger partial charge in [-0.05, 0) is 42.3 Å². The van der Waals surface area contributed by atoms with Gasteiger partial charge in [-0.15, -0.1) is 0 Å². The summed E-state index contributed by atoms with van der Waals surface area (Å²) >= 11 is 5.78. The van der Waals surface area contributed by atoms with Crippen molar-refractivity contribution in [3.05, 3.63) is 58.3 Å². The van der Waals surface area contributed by atoms with Crippen LogP contribution in [0.15, 0.2) is 34.9 Å². The molecule has 0 bridgehead atoms. The van der Waals surface area contributed by atoms with Crippen molar-refractivity contribution in [2.75, 3.05) is 0 Å². The highest BCUT2D eigenvalue weighted by atomic mass is 35.5. The van der Waals surface area contributed by atoms with E-state index in [1.54, 1.807) is 6.07 Å². The van der Waals surface area contributed by atoms with E-state index in [9.17, 15) is 9.50 Å². The monoisotopic (exact) mass is 254 g/mol. The zero-order valence-corrected chi connectivity index (χ0v) is 10.0. The average Bonchev–Trinajstić information content (AvgIpc) is 2.70. The van der Waals surface area contributed by atoms with Crippen LogP contribution >= 0.6 is 11.6 Å². The molecule has 90 valence electrons. The standard InChI is InChI=1S/C13H12ClFO2/c1-8-4-5-17-13(8)12(16)7-9-6-10(14)2-3-11(9)15/h2-6,12,16H,7H2,1H3. The maximum atomic E-state index is 13.5. The predicted molar refractivity (Wildman–Crippen MR) is 63.5 cm³/mol.